The first-order valence-electron chi connectivity index (χ1n) is 6.71. The summed E-state index contributed by atoms with van der Waals surface area (Å²) < 4.78 is 31.7. The zero-order valence-corrected chi connectivity index (χ0v) is 12.3. The van der Waals surface area contributed by atoms with Crippen LogP contribution < -0.4 is 4.74 Å². The molecule has 2 aliphatic heterocycles. The van der Waals surface area contributed by atoms with Gasteiger partial charge in [-0.15, -0.1) is 0 Å². The fraction of sp³-hybridized carbons (Fsp3) is 0.538. The Hall–Kier alpha value is -1.67. The number of methoxy groups -OCH3 is 1. The summed E-state index contributed by atoms with van der Waals surface area (Å²) in [5.41, 5.74) is 0. The Morgan fingerprint density at radius 1 is 1.43 bits per heavy atom. The van der Waals surface area contributed by atoms with E-state index in [1.54, 1.807) is 0 Å². The summed E-state index contributed by atoms with van der Waals surface area (Å²) in [6, 6.07) is 2.26. The number of nitrogens with zero attached hydrogens (tertiary/aromatic N) is 2. The number of carbonyl (C=O) groups is 1. The van der Waals surface area contributed by atoms with Crippen molar-refractivity contribution in [3.8, 4) is 5.88 Å². The van der Waals surface area contributed by atoms with Crippen LogP contribution in [0.15, 0.2) is 23.2 Å². The molecule has 3 heterocycles. The Kier molecular flexibility index (Phi) is 3.37. The Morgan fingerprint density at radius 3 is 2.71 bits per heavy atom. The molecule has 0 aliphatic carbocycles. The van der Waals surface area contributed by atoms with Gasteiger partial charge in [0.2, 0.25) is 15.9 Å². The van der Waals surface area contributed by atoms with Crippen molar-refractivity contribution in [3.05, 3.63) is 18.3 Å². The molecule has 3 atom stereocenters. The summed E-state index contributed by atoms with van der Waals surface area (Å²) in [6.45, 7) is 0. The highest BCUT2D eigenvalue weighted by atomic mass is 32.2. The Balaban J connectivity index is 1.93. The average molecular weight is 312 g/mol. The topological polar surface area (TPSA) is 96.8 Å². The van der Waals surface area contributed by atoms with Crippen molar-refractivity contribution in [1.82, 2.24) is 9.29 Å². The number of aromatic nitrogens is 1. The van der Waals surface area contributed by atoms with E-state index < -0.39 is 28.0 Å². The zero-order chi connectivity index (χ0) is 15.2. The fourth-order valence-corrected chi connectivity index (χ4v) is 5.20. The second kappa shape index (κ2) is 4.96. The number of ether oxygens (including phenoxy) is 1. The van der Waals surface area contributed by atoms with Crippen molar-refractivity contribution in [2.75, 3.05) is 7.11 Å². The fourth-order valence-electron chi connectivity index (χ4n) is 3.34. The van der Waals surface area contributed by atoms with E-state index in [2.05, 4.69) is 4.98 Å². The quantitative estimate of drug-likeness (QED) is 0.880. The van der Waals surface area contributed by atoms with Crippen LogP contribution in [0.4, 0.5) is 0 Å². The van der Waals surface area contributed by atoms with E-state index in [1.165, 1.54) is 29.7 Å². The lowest BCUT2D eigenvalue weighted by Crippen LogP contribution is -2.37. The van der Waals surface area contributed by atoms with E-state index in [-0.39, 0.29) is 10.9 Å². The summed E-state index contributed by atoms with van der Waals surface area (Å²) in [7, 11) is -2.26. The third-order valence-electron chi connectivity index (χ3n) is 4.28. The molecular weight excluding hydrogens is 296 g/mol. The van der Waals surface area contributed by atoms with E-state index in [9.17, 15) is 18.3 Å². The maximum absolute atomic E-state index is 12.7. The van der Waals surface area contributed by atoms with Crippen LogP contribution in [0.5, 0.6) is 5.88 Å². The lowest BCUT2D eigenvalue weighted by atomic mass is 9.89. The molecule has 7 nitrogen and oxygen atoms in total. The van der Waals surface area contributed by atoms with Gasteiger partial charge in [0.05, 0.1) is 19.2 Å². The molecule has 2 bridgehead atoms. The molecule has 0 amide bonds. The maximum Gasteiger partial charge on any atom is 0.308 e. The summed E-state index contributed by atoms with van der Waals surface area (Å²) >= 11 is 0. The van der Waals surface area contributed by atoms with E-state index >= 15 is 0 Å². The summed E-state index contributed by atoms with van der Waals surface area (Å²) in [4.78, 5) is 15.2. The minimum Gasteiger partial charge on any atom is -0.481 e. The van der Waals surface area contributed by atoms with Gasteiger partial charge < -0.3 is 9.84 Å². The van der Waals surface area contributed by atoms with Gasteiger partial charge >= 0.3 is 5.97 Å². The molecular formula is C13H16N2O5S. The number of carboxylic acids is 1. The molecule has 1 aromatic heterocycles. The van der Waals surface area contributed by atoms with Crippen LogP contribution in [-0.4, -0.2) is 48.0 Å². The lowest BCUT2D eigenvalue weighted by Gasteiger charge is -2.22. The van der Waals surface area contributed by atoms with Crippen molar-refractivity contribution >= 4 is 16.0 Å². The average Bonchev–Trinajstić information content (AvgIpc) is 3.05. The van der Waals surface area contributed by atoms with Crippen LogP contribution in [0.3, 0.4) is 0 Å². The van der Waals surface area contributed by atoms with Crippen LogP contribution >= 0.6 is 0 Å². The number of sulfonamides is 1. The van der Waals surface area contributed by atoms with Gasteiger partial charge in [0.1, 0.15) is 4.90 Å². The largest absolute Gasteiger partial charge is 0.481 e. The van der Waals surface area contributed by atoms with Gasteiger partial charge in [0, 0.05) is 18.2 Å². The summed E-state index contributed by atoms with van der Waals surface area (Å²) in [5, 5.41) is 9.21. The number of hydrogen-bond donors (Lipinski definition) is 1. The van der Waals surface area contributed by atoms with Crippen molar-refractivity contribution < 1.29 is 23.1 Å². The molecule has 21 heavy (non-hydrogen) atoms. The predicted molar refractivity (Wildman–Crippen MR) is 72.4 cm³/mol. The molecule has 2 aliphatic rings. The van der Waals surface area contributed by atoms with Gasteiger partial charge in [0.25, 0.3) is 0 Å². The molecule has 3 unspecified atom stereocenters. The highest BCUT2D eigenvalue weighted by Gasteiger charge is 2.54. The normalized spacial score (nSPS) is 28.7. The monoisotopic (exact) mass is 312 g/mol. The number of hydrogen-bond acceptors (Lipinski definition) is 5. The number of fused-ring (bicyclic) bond motifs is 2. The first-order chi connectivity index (χ1) is 9.95. The standard InChI is InChI=1S/C13H16N2O5S/c1-20-12-5-3-9(7-14-12)21(18,19)15-8-2-4-11(15)10(6-8)13(16)17/h3,5,7-8,10-11H,2,4,6H2,1H3,(H,16,17). The van der Waals surface area contributed by atoms with E-state index in [4.69, 9.17) is 4.74 Å². The minimum atomic E-state index is -3.71. The third kappa shape index (κ3) is 2.18. The first kappa shape index (κ1) is 14.3. The molecule has 2 saturated heterocycles. The van der Waals surface area contributed by atoms with Crippen LogP contribution in [0.25, 0.3) is 0 Å². The van der Waals surface area contributed by atoms with Crippen LogP contribution in [0.1, 0.15) is 19.3 Å². The lowest BCUT2D eigenvalue weighted by molar-refractivity contribution is -0.142. The van der Waals surface area contributed by atoms with Gasteiger partial charge in [-0.3, -0.25) is 4.79 Å². The molecule has 2 fully saturated rings. The summed E-state index contributed by atoms with van der Waals surface area (Å²) in [6.07, 6.45) is 2.96. The number of pyridine rings is 1. The van der Waals surface area contributed by atoms with E-state index in [1.807, 2.05) is 0 Å². The van der Waals surface area contributed by atoms with Gasteiger partial charge in [-0.05, 0) is 25.3 Å². The maximum atomic E-state index is 12.7. The molecule has 0 radical (unpaired) electrons. The molecule has 1 N–H and O–H groups in total. The molecule has 0 aromatic carbocycles. The SMILES string of the molecule is COc1ccc(S(=O)(=O)N2C3CCC2C(C(=O)O)C3)cn1. The molecule has 114 valence electrons. The second-order valence-corrected chi connectivity index (χ2v) is 7.19. The summed E-state index contributed by atoms with van der Waals surface area (Å²) in [5.74, 6) is -1.19. The van der Waals surface area contributed by atoms with Crippen molar-refractivity contribution in [3.63, 3.8) is 0 Å². The van der Waals surface area contributed by atoms with Crippen LogP contribution in [-0.2, 0) is 14.8 Å². The molecule has 1 aromatic rings. The molecule has 0 spiro atoms. The predicted octanol–water partition coefficient (Wildman–Crippen LogP) is 0.716. The number of carboxylic acid groups (broad SMARTS) is 1. The zero-order valence-electron chi connectivity index (χ0n) is 11.5. The first-order valence-corrected chi connectivity index (χ1v) is 8.15. The Bertz CT molecular complexity index is 658. The van der Waals surface area contributed by atoms with E-state index in [0.29, 0.717) is 18.7 Å². The van der Waals surface area contributed by atoms with Crippen molar-refractivity contribution in [1.29, 1.82) is 0 Å². The van der Waals surface area contributed by atoms with E-state index in [0.717, 1.165) is 6.42 Å². The highest BCUT2D eigenvalue weighted by Crippen LogP contribution is 2.44. The molecule has 0 saturated carbocycles. The van der Waals surface area contributed by atoms with Gasteiger partial charge in [-0.1, -0.05) is 0 Å². The number of rotatable bonds is 4. The Labute approximate surface area is 122 Å². The Morgan fingerprint density at radius 2 is 2.19 bits per heavy atom. The van der Waals surface area contributed by atoms with Gasteiger partial charge in [-0.2, -0.15) is 4.31 Å². The van der Waals surface area contributed by atoms with Crippen LogP contribution in [0.2, 0.25) is 0 Å². The van der Waals surface area contributed by atoms with Crippen molar-refractivity contribution in [2.45, 2.75) is 36.2 Å². The number of aliphatic carboxylic acids is 1. The molecule has 3 rings (SSSR count). The van der Waals surface area contributed by atoms with Crippen molar-refractivity contribution in [2.24, 2.45) is 5.92 Å². The van der Waals surface area contributed by atoms with Gasteiger partial charge in [-0.25, -0.2) is 13.4 Å². The minimum absolute atomic E-state index is 0.0752. The second-order valence-electron chi connectivity index (χ2n) is 5.35. The smallest absolute Gasteiger partial charge is 0.308 e. The molecule has 8 heteroatoms. The highest BCUT2D eigenvalue weighted by molar-refractivity contribution is 7.89. The van der Waals surface area contributed by atoms with Crippen LogP contribution in [0, 0.1) is 5.92 Å². The third-order valence-corrected chi connectivity index (χ3v) is 6.25. The van der Waals surface area contributed by atoms with Gasteiger partial charge in [0.15, 0.2) is 0 Å².